The third-order valence-electron chi connectivity index (χ3n) is 5.29. The number of thiazole rings is 1. The van der Waals surface area contributed by atoms with Crippen molar-refractivity contribution in [3.05, 3.63) is 71.0 Å². The van der Waals surface area contributed by atoms with Gasteiger partial charge >= 0.3 is 6.03 Å². The molecular weight excluding hydrogens is 407 g/mol. The minimum atomic E-state index is -1.25. The van der Waals surface area contributed by atoms with Gasteiger partial charge in [-0.05, 0) is 11.6 Å². The minimum Gasteiger partial charge on any atom is -0.478 e. The van der Waals surface area contributed by atoms with E-state index >= 15 is 0 Å². The lowest BCUT2D eigenvalue weighted by atomic mass is 9.88. The first-order chi connectivity index (χ1) is 14.5. The van der Waals surface area contributed by atoms with Gasteiger partial charge in [-0.15, -0.1) is 11.3 Å². The number of imide groups is 1. The molecule has 0 spiro atoms. The Hall–Kier alpha value is -3.30. The first kappa shape index (κ1) is 18.7. The van der Waals surface area contributed by atoms with Crippen LogP contribution >= 0.6 is 11.3 Å². The second-order valence-electron chi connectivity index (χ2n) is 7.24. The average Bonchev–Trinajstić information content (AvgIpc) is 3.37. The molecule has 7 nitrogen and oxygen atoms in total. The summed E-state index contributed by atoms with van der Waals surface area (Å²) in [6.07, 6.45) is 1.74. The van der Waals surface area contributed by atoms with Crippen molar-refractivity contribution < 1.29 is 18.7 Å². The van der Waals surface area contributed by atoms with Gasteiger partial charge in [-0.2, -0.15) is 0 Å². The quantitative estimate of drug-likeness (QED) is 0.630. The van der Waals surface area contributed by atoms with Crippen molar-refractivity contribution in [2.45, 2.75) is 12.1 Å². The van der Waals surface area contributed by atoms with Gasteiger partial charge in [0.15, 0.2) is 5.54 Å². The summed E-state index contributed by atoms with van der Waals surface area (Å²) >= 11 is 1.53. The standard InChI is InChI=1S/C21H17FN4O3S/c22-16-6-3-14-10-26(12-29-17(14)9-16)11-21(19(27)24-20(28)25-21)15-4-1-13(2-5-15)18-23-7-8-30-18/h1-9H,10-12H2,(H2,24,25,27,28)/t21-/m0/s1. The number of carbonyl (C=O) groups is 2. The Morgan fingerprint density at radius 2 is 2.03 bits per heavy atom. The molecule has 5 rings (SSSR count). The van der Waals surface area contributed by atoms with Gasteiger partial charge in [-0.3, -0.25) is 15.0 Å². The SMILES string of the molecule is O=C1NC(=O)[C@](CN2COc3cc(F)ccc3C2)(c2ccc(-c3nccs3)cc2)N1. The van der Waals surface area contributed by atoms with Crippen LogP contribution in [0.3, 0.4) is 0 Å². The van der Waals surface area contributed by atoms with Crippen molar-refractivity contribution in [1.82, 2.24) is 20.5 Å². The number of nitrogens with zero attached hydrogens (tertiary/aromatic N) is 2. The number of rotatable bonds is 4. The van der Waals surface area contributed by atoms with Gasteiger partial charge in [0.25, 0.3) is 5.91 Å². The molecule has 2 aliphatic heterocycles. The molecule has 0 bridgehead atoms. The Kier molecular flexibility index (Phi) is 4.48. The van der Waals surface area contributed by atoms with E-state index in [-0.39, 0.29) is 19.1 Å². The molecule has 2 N–H and O–H groups in total. The highest BCUT2D eigenvalue weighted by Gasteiger charge is 2.49. The number of carbonyl (C=O) groups excluding carboxylic acids is 2. The van der Waals surface area contributed by atoms with Gasteiger partial charge in [-0.25, -0.2) is 14.2 Å². The van der Waals surface area contributed by atoms with Crippen LogP contribution in [0.5, 0.6) is 5.75 Å². The Balaban J connectivity index is 1.45. The molecule has 1 atom stereocenters. The Morgan fingerprint density at radius 1 is 1.20 bits per heavy atom. The van der Waals surface area contributed by atoms with Crippen molar-refractivity contribution in [2.24, 2.45) is 0 Å². The van der Waals surface area contributed by atoms with E-state index in [1.807, 2.05) is 34.5 Å². The van der Waals surface area contributed by atoms with Gasteiger partial charge in [0.05, 0.1) is 0 Å². The normalized spacial score (nSPS) is 21.0. The van der Waals surface area contributed by atoms with Crippen LogP contribution in [0.4, 0.5) is 9.18 Å². The average molecular weight is 424 g/mol. The number of hydrogen-bond donors (Lipinski definition) is 2. The lowest BCUT2D eigenvalue weighted by Gasteiger charge is -2.36. The number of ether oxygens (including phenoxy) is 1. The third-order valence-corrected chi connectivity index (χ3v) is 6.11. The van der Waals surface area contributed by atoms with Crippen LogP contribution in [0.15, 0.2) is 54.0 Å². The molecule has 0 aliphatic carbocycles. The van der Waals surface area contributed by atoms with Crippen LogP contribution in [0.25, 0.3) is 10.6 Å². The molecule has 0 radical (unpaired) electrons. The molecule has 30 heavy (non-hydrogen) atoms. The van der Waals surface area contributed by atoms with Crippen LogP contribution in [0, 0.1) is 5.82 Å². The second-order valence-corrected chi connectivity index (χ2v) is 8.14. The lowest BCUT2D eigenvalue weighted by Crippen LogP contribution is -2.53. The molecule has 1 fully saturated rings. The van der Waals surface area contributed by atoms with Crippen LogP contribution in [-0.2, 0) is 16.9 Å². The van der Waals surface area contributed by atoms with Gasteiger partial charge < -0.3 is 10.1 Å². The zero-order valence-electron chi connectivity index (χ0n) is 15.7. The number of nitrogens with one attached hydrogen (secondary N) is 2. The zero-order chi connectivity index (χ0) is 20.7. The fourth-order valence-electron chi connectivity index (χ4n) is 3.84. The molecular formula is C21H17FN4O3S. The fourth-order valence-corrected chi connectivity index (χ4v) is 4.48. The van der Waals surface area contributed by atoms with E-state index in [9.17, 15) is 14.0 Å². The number of benzene rings is 2. The number of amides is 3. The van der Waals surface area contributed by atoms with Crippen molar-refractivity contribution in [2.75, 3.05) is 13.3 Å². The van der Waals surface area contributed by atoms with Crippen LogP contribution < -0.4 is 15.4 Å². The van der Waals surface area contributed by atoms with Crippen molar-refractivity contribution in [3.8, 4) is 16.3 Å². The monoisotopic (exact) mass is 424 g/mol. The fraction of sp³-hybridized carbons (Fsp3) is 0.190. The van der Waals surface area contributed by atoms with Crippen molar-refractivity contribution >= 4 is 23.3 Å². The van der Waals surface area contributed by atoms with Crippen LogP contribution in [-0.4, -0.2) is 35.1 Å². The Bertz CT molecular complexity index is 1120. The lowest BCUT2D eigenvalue weighted by molar-refractivity contribution is -0.125. The van der Waals surface area contributed by atoms with E-state index in [1.54, 1.807) is 12.3 Å². The van der Waals surface area contributed by atoms with E-state index in [4.69, 9.17) is 4.74 Å². The molecule has 2 aromatic carbocycles. The molecule has 152 valence electrons. The molecule has 9 heteroatoms. The van der Waals surface area contributed by atoms with Crippen LogP contribution in [0.1, 0.15) is 11.1 Å². The number of aromatic nitrogens is 1. The van der Waals surface area contributed by atoms with E-state index in [0.29, 0.717) is 17.9 Å². The number of fused-ring (bicyclic) bond motifs is 1. The molecule has 3 heterocycles. The highest BCUT2D eigenvalue weighted by Crippen LogP contribution is 2.32. The molecule has 1 aromatic heterocycles. The highest BCUT2D eigenvalue weighted by atomic mass is 32.1. The van der Waals surface area contributed by atoms with Gasteiger partial charge in [-0.1, -0.05) is 30.3 Å². The summed E-state index contributed by atoms with van der Waals surface area (Å²) in [7, 11) is 0. The zero-order valence-corrected chi connectivity index (χ0v) is 16.5. The summed E-state index contributed by atoms with van der Waals surface area (Å²) in [5.74, 6) is -0.283. The van der Waals surface area contributed by atoms with Crippen LogP contribution in [0.2, 0.25) is 0 Å². The third kappa shape index (κ3) is 3.21. The number of halogens is 1. The van der Waals surface area contributed by atoms with E-state index in [2.05, 4.69) is 15.6 Å². The molecule has 3 aromatic rings. The summed E-state index contributed by atoms with van der Waals surface area (Å²) in [5.41, 5.74) is 1.17. The van der Waals surface area contributed by atoms with Gasteiger partial charge in [0.2, 0.25) is 0 Å². The summed E-state index contributed by atoms with van der Waals surface area (Å²) in [6, 6.07) is 11.3. The smallest absolute Gasteiger partial charge is 0.322 e. The molecule has 2 aliphatic rings. The summed E-state index contributed by atoms with van der Waals surface area (Å²) in [4.78, 5) is 31.1. The summed E-state index contributed by atoms with van der Waals surface area (Å²) < 4.78 is 19.1. The number of urea groups is 1. The van der Waals surface area contributed by atoms with Gasteiger partial charge in [0.1, 0.15) is 23.3 Å². The topological polar surface area (TPSA) is 83.6 Å². The first-order valence-electron chi connectivity index (χ1n) is 9.31. The molecule has 1 saturated heterocycles. The Labute approximate surface area is 175 Å². The highest BCUT2D eigenvalue weighted by molar-refractivity contribution is 7.13. The second kappa shape index (κ2) is 7.19. The maximum Gasteiger partial charge on any atom is 0.322 e. The Morgan fingerprint density at radius 3 is 2.73 bits per heavy atom. The number of hydrogen-bond acceptors (Lipinski definition) is 6. The summed E-state index contributed by atoms with van der Waals surface area (Å²) in [6.45, 7) is 0.855. The maximum atomic E-state index is 13.4. The molecule has 0 saturated carbocycles. The van der Waals surface area contributed by atoms with Gasteiger partial charge in [0, 0.05) is 41.9 Å². The maximum absolute atomic E-state index is 13.4. The molecule has 0 unspecified atom stereocenters. The summed E-state index contributed by atoms with van der Waals surface area (Å²) in [5, 5.41) is 7.92. The minimum absolute atomic E-state index is 0.179. The van der Waals surface area contributed by atoms with E-state index in [0.717, 1.165) is 16.1 Å². The van der Waals surface area contributed by atoms with E-state index < -0.39 is 17.5 Å². The predicted octanol–water partition coefficient (Wildman–Crippen LogP) is 2.84. The predicted molar refractivity (Wildman–Crippen MR) is 108 cm³/mol. The first-order valence-corrected chi connectivity index (χ1v) is 10.2. The van der Waals surface area contributed by atoms with E-state index in [1.165, 1.54) is 23.5 Å². The van der Waals surface area contributed by atoms with Crippen molar-refractivity contribution in [3.63, 3.8) is 0 Å². The molecule has 3 amide bonds. The largest absolute Gasteiger partial charge is 0.478 e. The van der Waals surface area contributed by atoms with Crippen molar-refractivity contribution in [1.29, 1.82) is 0 Å².